The maximum atomic E-state index is 11.2. The van der Waals surface area contributed by atoms with E-state index < -0.39 is 9.84 Å². The summed E-state index contributed by atoms with van der Waals surface area (Å²) in [6, 6.07) is 0.203. The summed E-state index contributed by atoms with van der Waals surface area (Å²) in [6.45, 7) is 5.41. The molecular weight excluding hydrogens is 242 g/mol. The molecular formula is C11H23NO2S2. The molecule has 3 nitrogen and oxygen atoms in total. The molecule has 0 aromatic rings. The number of nitrogens with one attached hydrogen (secondary N) is 1. The van der Waals surface area contributed by atoms with Gasteiger partial charge in [-0.25, -0.2) is 8.42 Å². The van der Waals surface area contributed by atoms with Gasteiger partial charge in [0, 0.05) is 18.3 Å². The van der Waals surface area contributed by atoms with Crippen LogP contribution in [0.15, 0.2) is 0 Å². The van der Waals surface area contributed by atoms with Crippen molar-refractivity contribution in [3.8, 4) is 0 Å². The van der Waals surface area contributed by atoms with Crippen molar-refractivity contribution >= 4 is 21.6 Å². The summed E-state index contributed by atoms with van der Waals surface area (Å²) >= 11 is 1.96. The molecule has 0 saturated carbocycles. The lowest BCUT2D eigenvalue weighted by atomic mass is 10.2. The van der Waals surface area contributed by atoms with Crippen LogP contribution in [0.3, 0.4) is 0 Å². The van der Waals surface area contributed by atoms with Crippen molar-refractivity contribution in [1.82, 2.24) is 5.32 Å². The van der Waals surface area contributed by atoms with Gasteiger partial charge in [0.15, 0.2) is 9.84 Å². The largest absolute Gasteiger partial charge is 0.312 e. The van der Waals surface area contributed by atoms with Crippen molar-refractivity contribution < 1.29 is 8.42 Å². The van der Waals surface area contributed by atoms with Crippen LogP contribution in [0.25, 0.3) is 0 Å². The van der Waals surface area contributed by atoms with Crippen LogP contribution in [0.2, 0.25) is 0 Å². The van der Waals surface area contributed by atoms with Gasteiger partial charge in [-0.05, 0) is 18.1 Å². The van der Waals surface area contributed by atoms with E-state index in [9.17, 15) is 8.42 Å². The monoisotopic (exact) mass is 265 g/mol. The van der Waals surface area contributed by atoms with E-state index in [-0.39, 0.29) is 6.04 Å². The first-order valence-electron chi connectivity index (χ1n) is 6.05. The van der Waals surface area contributed by atoms with Gasteiger partial charge in [-0.15, -0.1) is 0 Å². The molecule has 2 unspecified atom stereocenters. The molecule has 1 aliphatic rings. The van der Waals surface area contributed by atoms with Crippen molar-refractivity contribution in [2.24, 2.45) is 5.92 Å². The van der Waals surface area contributed by atoms with Gasteiger partial charge in [0.25, 0.3) is 0 Å². The molecule has 1 fully saturated rings. The van der Waals surface area contributed by atoms with Crippen LogP contribution in [0, 0.1) is 5.92 Å². The molecule has 16 heavy (non-hydrogen) atoms. The lowest BCUT2D eigenvalue weighted by Gasteiger charge is -2.11. The highest BCUT2D eigenvalue weighted by Crippen LogP contribution is 2.12. The second kappa shape index (κ2) is 6.87. The Hall–Kier alpha value is 0.260. The first kappa shape index (κ1) is 14.3. The molecule has 96 valence electrons. The molecule has 0 aromatic carbocycles. The average Bonchev–Trinajstić information content (AvgIpc) is 2.57. The van der Waals surface area contributed by atoms with Crippen LogP contribution in [0.5, 0.6) is 0 Å². The summed E-state index contributed by atoms with van der Waals surface area (Å²) in [5.41, 5.74) is 0. The van der Waals surface area contributed by atoms with E-state index in [1.165, 1.54) is 12.2 Å². The fourth-order valence-electron chi connectivity index (χ4n) is 1.69. The van der Waals surface area contributed by atoms with E-state index in [1.54, 1.807) is 0 Å². The van der Waals surface area contributed by atoms with Crippen LogP contribution in [0.1, 0.15) is 26.7 Å². The molecule has 0 amide bonds. The number of thioether (sulfide) groups is 1. The van der Waals surface area contributed by atoms with E-state index in [2.05, 4.69) is 19.2 Å². The molecule has 0 aromatic heterocycles. The van der Waals surface area contributed by atoms with E-state index in [0.717, 1.165) is 24.6 Å². The van der Waals surface area contributed by atoms with Gasteiger partial charge in [-0.2, -0.15) is 11.8 Å². The van der Waals surface area contributed by atoms with E-state index in [0.29, 0.717) is 11.5 Å². The number of rotatable bonds is 7. The fraction of sp³-hybridized carbons (Fsp3) is 1.00. The molecule has 0 spiro atoms. The number of hydrogen-bond donors (Lipinski definition) is 1. The topological polar surface area (TPSA) is 46.2 Å². The van der Waals surface area contributed by atoms with Crippen molar-refractivity contribution in [1.29, 1.82) is 0 Å². The van der Waals surface area contributed by atoms with Crippen LogP contribution in [-0.4, -0.2) is 44.0 Å². The Bertz CT molecular complexity index is 290. The summed E-state index contributed by atoms with van der Waals surface area (Å²) in [5.74, 6) is 3.78. The SMILES string of the molecule is CCC(C)CSCCNC1CCS(=O)(=O)C1. The van der Waals surface area contributed by atoms with Crippen LogP contribution < -0.4 is 5.32 Å². The maximum Gasteiger partial charge on any atom is 0.151 e. The Labute approximate surface area is 104 Å². The molecule has 2 atom stereocenters. The van der Waals surface area contributed by atoms with Crippen molar-refractivity contribution in [2.45, 2.75) is 32.7 Å². The van der Waals surface area contributed by atoms with Crippen molar-refractivity contribution in [3.05, 3.63) is 0 Å². The zero-order valence-corrected chi connectivity index (χ0v) is 11.9. The smallest absolute Gasteiger partial charge is 0.151 e. The van der Waals surface area contributed by atoms with Gasteiger partial charge in [-0.3, -0.25) is 0 Å². The summed E-state index contributed by atoms with van der Waals surface area (Å²) in [5, 5.41) is 3.33. The lowest BCUT2D eigenvalue weighted by Crippen LogP contribution is -2.31. The minimum absolute atomic E-state index is 0.203. The maximum absolute atomic E-state index is 11.2. The predicted molar refractivity (Wildman–Crippen MR) is 71.8 cm³/mol. The minimum atomic E-state index is -2.72. The first-order chi connectivity index (χ1) is 7.53. The molecule has 1 rings (SSSR count). The van der Waals surface area contributed by atoms with Gasteiger partial charge in [0.2, 0.25) is 0 Å². The highest BCUT2D eigenvalue weighted by molar-refractivity contribution is 7.99. The summed E-state index contributed by atoms with van der Waals surface area (Å²) < 4.78 is 22.4. The molecule has 0 bridgehead atoms. The van der Waals surface area contributed by atoms with E-state index in [4.69, 9.17) is 0 Å². The Morgan fingerprint density at radius 2 is 2.25 bits per heavy atom. The second-order valence-electron chi connectivity index (χ2n) is 4.64. The lowest BCUT2D eigenvalue weighted by molar-refractivity contribution is 0.574. The Morgan fingerprint density at radius 1 is 1.50 bits per heavy atom. The second-order valence-corrected chi connectivity index (χ2v) is 8.02. The molecule has 5 heteroatoms. The normalized spacial score (nSPS) is 25.8. The fourth-order valence-corrected chi connectivity index (χ4v) is 4.47. The molecule has 1 saturated heterocycles. The van der Waals surface area contributed by atoms with Gasteiger partial charge >= 0.3 is 0 Å². The van der Waals surface area contributed by atoms with Crippen molar-refractivity contribution in [2.75, 3.05) is 29.6 Å². The number of sulfone groups is 1. The van der Waals surface area contributed by atoms with Gasteiger partial charge in [0.05, 0.1) is 11.5 Å². The molecule has 1 aliphatic heterocycles. The minimum Gasteiger partial charge on any atom is -0.312 e. The Balaban J connectivity index is 2.00. The zero-order chi connectivity index (χ0) is 12.0. The quantitative estimate of drug-likeness (QED) is 0.709. The highest BCUT2D eigenvalue weighted by Gasteiger charge is 2.26. The summed E-state index contributed by atoms with van der Waals surface area (Å²) in [7, 11) is -2.72. The molecule has 1 heterocycles. The third-order valence-corrected chi connectivity index (χ3v) is 6.08. The third-order valence-electron chi connectivity index (χ3n) is 3.01. The predicted octanol–water partition coefficient (Wildman–Crippen LogP) is 1.54. The van der Waals surface area contributed by atoms with Crippen LogP contribution in [0.4, 0.5) is 0 Å². The standard InChI is InChI=1S/C11H23NO2S2/c1-3-10(2)8-15-6-5-12-11-4-7-16(13,14)9-11/h10-12H,3-9H2,1-2H3. The Morgan fingerprint density at radius 3 is 2.81 bits per heavy atom. The third kappa shape index (κ3) is 5.55. The summed E-state index contributed by atoms with van der Waals surface area (Å²) in [4.78, 5) is 0. The Kier molecular flexibility index (Phi) is 6.15. The van der Waals surface area contributed by atoms with Crippen molar-refractivity contribution in [3.63, 3.8) is 0 Å². The van der Waals surface area contributed by atoms with E-state index in [1.807, 2.05) is 11.8 Å². The molecule has 0 radical (unpaired) electrons. The van der Waals surface area contributed by atoms with Crippen LogP contribution >= 0.6 is 11.8 Å². The average molecular weight is 265 g/mol. The van der Waals surface area contributed by atoms with Gasteiger partial charge < -0.3 is 5.32 Å². The van der Waals surface area contributed by atoms with E-state index >= 15 is 0 Å². The summed E-state index contributed by atoms with van der Waals surface area (Å²) in [6.07, 6.45) is 2.03. The van der Waals surface area contributed by atoms with Gasteiger partial charge in [-0.1, -0.05) is 20.3 Å². The first-order valence-corrected chi connectivity index (χ1v) is 9.02. The van der Waals surface area contributed by atoms with Gasteiger partial charge in [0.1, 0.15) is 0 Å². The highest BCUT2D eigenvalue weighted by atomic mass is 32.2. The zero-order valence-electron chi connectivity index (χ0n) is 10.2. The number of hydrogen-bond acceptors (Lipinski definition) is 4. The molecule has 0 aliphatic carbocycles. The molecule has 1 N–H and O–H groups in total. The van der Waals surface area contributed by atoms with Crippen LogP contribution in [-0.2, 0) is 9.84 Å².